The number of anilines is 1. The van der Waals surface area contributed by atoms with E-state index in [1.165, 1.54) is 35.2 Å². The van der Waals surface area contributed by atoms with E-state index in [0.717, 1.165) is 5.41 Å². The summed E-state index contributed by atoms with van der Waals surface area (Å²) >= 11 is 5.88. The SMILES string of the molecule is CC(C)(Oc1ccc(Cl)cc1)C(=O)N(c1ccc(F)cc1)[C@@H]1C=CS(=O)(=O)C1. The molecule has 0 saturated carbocycles. The summed E-state index contributed by atoms with van der Waals surface area (Å²) in [6.07, 6.45) is 1.45. The minimum absolute atomic E-state index is 0.243. The Bertz CT molecular complexity index is 1000. The van der Waals surface area contributed by atoms with Crippen LogP contribution in [0.25, 0.3) is 0 Å². The molecule has 1 aliphatic rings. The van der Waals surface area contributed by atoms with Gasteiger partial charge >= 0.3 is 0 Å². The van der Waals surface area contributed by atoms with E-state index in [2.05, 4.69) is 0 Å². The summed E-state index contributed by atoms with van der Waals surface area (Å²) in [6, 6.07) is 11.2. The number of carbonyl (C=O) groups is 1. The second kappa shape index (κ2) is 7.56. The van der Waals surface area contributed by atoms with Gasteiger partial charge in [0.2, 0.25) is 0 Å². The van der Waals surface area contributed by atoms with Crippen LogP contribution in [0.2, 0.25) is 5.02 Å². The normalized spacial score (nSPS) is 18.1. The Kier molecular flexibility index (Phi) is 5.50. The monoisotopic (exact) mass is 423 g/mol. The maximum absolute atomic E-state index is 13.4. The third-order valence-electron chi connectivity index (χ3n) is 4.27. The van der Waals surface area contributed by atoms with Gasteiger partial charge in [0.1, 0.15) is 11.6 Å². The molecular formula is C20H19ClFNO4S. The Morgan fingerprint density at radius 2 is 1.75 bits per heavy atom. The van der Waals surface area contributed by atoms with Gasteiger partial charge in [-0.3, -0.25) is 4.79 Å². The van der Waals surface area contributed by atoms with Crippen LogP contribution in [0, 0.1) is 5.82 Å². The fourth-order valence-electron chi connectivity index (χ4n) is 2.91. The molecule has 0 aromatic heterocycles. The molecule has 5 nitrogen and oxygen atoms in total. The summed E-state index contributed by atoms with van der Waals surface area (Å²) in [5, 5.41) is 1.62. The first-order valence-corrected chi connectivity index (χ1v) is 10.6. The first-order valence-electron chi connectivity index (χ1n) is 8.52. The minimum Gasteiger partial charge on any atom is -0.478 e. The van der Waals surface area contributed by atoms with Gasteiger partial charge in [-0.25, -0.2) is 12.8 Å². The summed E-state index contributed by atoms with van der Waals surface area (Å²) < 4.78 is 43.0. The van der Waals surface area contributed by atoms with E-state index in [0.29, 0.717) is 16.5 Å². The predicted molar refractivity (Wildman–Crippen MR) is 107 cm³/mol. The van der Waals surface area contributed by atoms with Gasteiger partial charge in [-0.2, -0.15) is 0 Å². The molecule has 0 fully saturated rings. The number of rotatable bonds is 5. The van der Waals surface area contributed by atoms with E-state index in [1.54, 1.807) is 38.1 Å². The van der Waals surface area contributed by atoms with Crippen LogP contribution >= 0.6 is 11.6 Å². The molecule has 0 saturated heterocycles. The van der Waals surface area contributed by atoms with E-state index < -0.39 is 33.2 Å². The first-order chi connectivity index (χ1) is 13.1. The maximum atomic E-state index is 13.4. The molecule has 0 bridgehead atoms. The summed E-state index contributed by atoms with van der Waals surface area (Å²) in [5.74, 6) is -0.715. The number of nitrogens with zero attached hydrogens (tertiary/aromatic N) is 1. The summed E-state index contributed by atoms with van der Waals surface area (Å²) in [4.78, 5) is 14.7. The van der Waals surface area contributed by atoms with E-state index >= 15 is 0 Å². The molecule has 2 aromatic carbocycles. The van der Waals surface area contributed by atoms with Crippen molar-refractivity contribution in [3.63, 3.8) is 0 Å². The van der Waals surface area contributed by atoms with Crippen LogP contribution < -0.4 is 9.64 Å². The molecular weight excluding hydrogens is 405 g/mol. The number of hydrogen-bond donors (Lipinski definition) is 0. The number of amides is 1. The lowest BCUT2D eigenvalue weighted by Crippen LogP contribution is -2.53. The van der Waals surface area contributed by atoms with E-state index in [-0.39, 0.29) is 5.75 Å². The van der Waals surface area contributed by atoms with Gasteiger partial charge in [-0.1, -0.05) is 11.6 Å². The predicted octanol–water partition coefficient (Wildman–Crippen LogP) is 3.98. The Hall–Kier alpha value is -2.38. The molecule has 0 radical (unpaired) electrons. The van der Waals surface area contributed by atoms with E-state index in [9.17, 15) is 17.6 Å². The van der Waals surface area contributed by atoms with Crippen LogP contribution in [-0.4, -0.2) is 31.7 Å². The summed E-state index contributed by atoms with van der Waals surface area (Å²) in [5.41, 5.74) is -0.937. The number of hydrogen-bond acceptors (Lipinski definition) is 4. The first kappa shape index (κ1) is 20.4. The topological polar surface area (TPSA) is 63.7 Å². The Morgan fingerprint density at radius 3 is 2.29 bits per heavy atom. The molecule has 1 heterocycles. The summed E-state index contributed by atoms with van der Waals surface area (Å²) in [6.45, 7) is 3.18. The maximum Gasteiger partial charge on any atom is 0.271 e. The zero-order valence-corrected chi connectivity index (χ0v) is 16.9. The second-order valence-corrected chi connectivity index (χ2v) is 9.31. The van der Waals surface area contributed by atoms with E-state index in [4.69, 9.17) is 16.3 Å². The number of sulfone groups is 1. The van der Waals surface area contributed by atoms with Crippen LogP contribution in [0.3, 0.4) is 0 Å². The van der Waals surface area contributed by atoms with Gasteiger partial charge in [0, 0.05) is 16.1 Å². The molecule has 8 heteroatoms. The minimum atomic E-state index is -3.40. The summed E-state index contributed by atoms with van der Waals surface area (Å²) in [7, 11) is -3.40. The van der Waals surface area contributed by atoms with Gasteiger partial charge in [0.25, 0.3) is 5.91 Å². The number of carbonyl (C=O) groups excluding carboxylic acids is 1. The molecule has 0 spiro atoms. The highest BCUT2D eigenvalue weighted by atomic mass is 35.5. The van der Waals surface area contributed by atoms with Crippen molar-refractivity contribution in [2.45, 2.75) is 25.5 Å². The van der Waals surface area contributed by atoms with Crippen LogP contribution in [0.1, 0.15) is 13.8 Å². The number of halogens is 2. The molecule has 148 valence electrons. The van der Waals surface area contributed by atoms with Crippen molar-refractivity contribution in [2.24, 2.45) is 0 Å². The fraction of sp³-hybridized carbons (Fsp3) is 0.250. The molecule has 1 atom stereocenters. The highest BCUT2D eigenvalue weighted by Gasteiger charge is 2.40. The van der Waals surface area contributed by atoms with Crippen molar-refractivity contribution in [3.8, 4) is 5.75 Å². The second-order valence-electron chi connectivity index (χ2n) is 6.94. The third-order valence-corrected chi connectivity index (χ3v) is 5.90. The average molecular weight is 424 g/mol. The van der Waals surface area contributed by atoms with Crippen molar-refractivity contribution < 1.29 is 22.3 Å². The van der Waals surface area contributed by atoms with Crippen molar-refractivity contribution in [2.75, 3.05) is 10.7 Å². The van der Waals surface area contributed by atoms with Gasteiger partial charge in [-0.15, -0.1) is 0 Å². The highest BCUT2D eigenvalue weighted by Crippen LogP contribution is 2.29. The largest absolute Gasteiger partial charge is 0.478 e. The molecule has 0 N–H and O–H groups in total. The lowest BCUT2D eigenvalue weighted by molar-refractivity contribution is -0.131. The van der Waals surface area contributed by atoms with Gasteiger partial charge in [0.15, 0.2) is 15.4 Å². The fourth-order valence-corrected chi connectivity index (χ4v) is 4.31. The highest BCUT2D eigenvalue weighted by molar-refractivity contribution is 7.94. The molecule has 1 aliphatic heterocycles. The molecule has 3 rings (SSSR count). The average Bonchev–Trinajstić information content (AvgIpc) is 2.98. The lowest BCUT2D eigenvalue weighted by Gasteiger charge is -2.35. The Balaban J connectivity index is 1.94. The lowest BCUT2D eigenvalue weighted by atomic mass is 10.0. The van der Waals surface area contributed by atoms with E-state index in [1.807, 2.05) is 0 Å². The van der Waals surface area contributed by atoms with Crippen LogP contribution in [0.15, 0.2) is 60.0 Å². The third kappa shape index (κ3) is 4.54. The van der Waals surface area contributed by atoms with Gasteiger partial charge < -0.3 is 9.64 Å². The zero-order valence-electron chi connectivity index (χ0n) is 15.3. The molecule has 2 aromatic rings. The standard InChI is InChI=1S/C20H19ClFNO4S/c1-20(2,27-18-9-3-14(21)4-10-18)19(24)23(16-7-5-15(22)6-8-16)17-11-12-28(25,26)13-17/h3-12,17H,13H2,1-2H3/t17-/m1/s1. The molecule has 0 aliphatic carbocycles. The van der Waals surface area contributed by atoms with Crippen LogP contribution in [0.5, 0.6) is 5.75 Å². The number of ether oxygens (including phenoxy) is 1. The van der Waals surface area contributed by atoms with Crippen molar-refractivity contribution >= 4 is 33.0 Å². The quantitative estimate of drug-likeness (QED) is 0.729. The van der Waals surface area contributed by atoms with Crippen molar-refractivity contribution in [3.05, 3.63) is 70.9 Å². The Morgan fingerprint density at radius 1 is 1.14 bits per heavy atom. The van der Waals surface area contributed by atoms with Crippen molar-refractivity contribution in [1.29, 1.82) is 0 Å². The van der Waals surface area contributed by atoms with Gasteiger partial charge in [-0.05, 0) is 68.5 Å². The molecule has 0 unspecified atom stereocenters. The zero-order chi connectivity index (χ0) is 20.5. The van der Waals surface area contributed by atoms with Crippen molar-refractivity contribution in [1.82, 2.24) is 0 Å². The molecule has 28 heavy (non-hydrogen) atoms. The van der Waals surface area contributed by atoms with Crippen LogP contribution in [0.4, 0.5) is 10.1 Å². The van der Waals surface area contributed by atoms with Gasteiger partial charge in [0.05, 0.1) is 11.8 Å². The van der Waals surface area contributed by atoms with Crippen LogP contribution in [-0.2, 0) is 14.6 Å². The Labute approximate surface area is 168 Å². The smallest absolute Gasteiger partial charge is 0.271 e. The number of benzene rings is 2. The molecule has 1 amide bonds.